The average molecular weight is 575 g/mol. The monoisotopic (exact) mass is 574 g/mol. The van der Waals surface area contributed by atoms with Crippen LogP contribution in [-0.2, 0) is 18.9 Å². The minimum atomic E-state index is -4.53. The van der Waals surface area contributed by atoms with E-state index in [1.165, 1.54) is 24.3 Å². The third-order valence-corrected chi connectivity index (χ3v) is 4.70. The van der Waals surface area contributed by atoms with Crippen LogP contribution in [-0.4, -0.2) is 19.9 Å². The second kappa shape index (κ2) is 12.5. The van der Waals surface area contributed by atoms with E-state index in [-0.39, 0.29) is 41.6 Å². The van der Waals surface area contributed by atoms with Crippen LogP contribution in [0.25, 0.3) is 27.4 Å². The largest absolute Gasteiger partial charge is 0.433 e. The summed E-state index contributed by atoms with van der Waals surface area (Å²) in [6.07, 6.45) is -7.09. The highest BCUT2D eigenvalue weighted by Gasteiger charge is 2.32. The number of hydrogen-bond donors (Lipinski definition) is 1. The molecule has 0 aliphatic rings. The molecular weight excluding hydrogens is 560 g/mol. The molecule has 6 nitrogen and oxygen atoms in total. The predicted molar refractivity (Wildman–Crippen MR) is 126 cm³/mol. The van der Waals surface area contributed by atoms with Gasteiger partial charge in [-0.2, -0.15) is 35.1 Å². The van der Waals surface area contributed by atoms with Crippen molar-refractivity contribution in [3.05, 3.63) is 101 Å². The highest BCUT2D eigenvalue weighted by molar-refractivity contribution is 5.85. The molecule has 4 aromatic rings. The second-order valence-corrected chi connectivity index (χ2v) is 7.39. The van der Waals surface area contributed by atoms with Crippen LogP contribution in [0.15, 0.2) is 60.9 Å². The summed E-state index contributed by atoms with van der Waals surface area (Å²) in [5.74, 6) is -1.61. The Bertz CT molecular complexity index is 1450. The Balaban J connectivity index is 0.000000267. The van der Waals surface area contributed by atoms with Gasteiger partial charge < -0.3 is 5.73 Å². The molecule has 39 heavy (non-hydrogen) atoms. The molecule has 0 atom stereocenters. The zero-order valence-electron chi connectivity index (χ0n) is 19.2. The molecule has 0 fully saturated rings. The molecule has 0 saturated heterocycles. The summed E-state index contributed by atoms with van der Waals surface area (Å²) < 4.78 is 100. The number of hydrogen-bond acceptors (Lipinski definition) is 5. The van der Waals surface area contributed by atoms with Crippen LogP contribution < -0.4 is 5.73 Å². The van der Waals surface area contributed by atoms with Crippen molar-refractivity contribution < 1.29 is 35.1 Å². The van der Waals surface area contributed by atoms with Crippen molar-refractivity contribution in [1.29, 1.82) is 0 Å². The molecule has 0 amide bonds. The van der Waals surface area contributed by atoms with Gasteiger partial charge in [0.1, 0.15) is 11.4 Å². The summed E-state index contributed by atoms with van der Waals surface area (Å²) in [5, 5.41) is 0. The van der Waals surface area contributed by atoms with Crippen LogP contribution in [0.2, 0.25) is 0 Å². The molecule has 0 aromatic carbocycles. The third kappa shape index (κ3) is 8.39. The van der Waals surface area contributed by atoms with Crippen LogP contribution in [0.1, 0.15) is 17.0 Å². The first-order valence-corrected chi connectivity index (χ1v) is 10.3. The molecule has 0 spiro atoms. The van der Waals surface area contributed by atoms with Gasteiger partial charge in [-0.05, 0) is 54.1 Å². The van der Waals surface area contributed by atoms with Gasteiger partial charge in [-0.3, -0.25) is 9.97 Å². The van der Waals surface area contributed by atoms with E-state index in [1.54, 1.807) is 0 Å². The molecule has 0 radical (unpaired) electrons. The lowest BCUT2D eigenvalue weighted by molar-refractivity contribution is -0.141. The van der Waals surface area contributed by atoms with Gasteiger partial charge in [0.15, 0.2) is 5.69 Å². The Labute approximate surface area is 221 Å². The van der Waals surface area contributed by atoms with Gasteiger partial charge in [-0.25, -0.2) is 14.8 Å². The summed E-state index contributed by atoms with van der Waals surface area (Å²) in [5.41, 5.74) is 4.61. The summed E-state index contributed by atoms with van der Waals surface area (Å²) in [7, 11) is 0. The number of aromatic nitrogens is 4. The van der Waals surface area contributed by atoms with E-state index < -0.39 is 35.6 Å². The van der Waals surface area contributed by atoms with Crippen LogP contribution in [0, 0.1) is 18.5 Å². The summed E-state index contributed by atoms with van der Waals surface area (Å²) in [6, 6.07) is 8.81. The Morgan fingerprint density at radius 1 is 0.718 bits per heavy atom. The average Bonchev–Trinajstić information content (AvgIpc) is 2.87. The van der Waals surface area contributed by atoms with Gasteiger partial charge in [0.2, 0.25) is 11.9 Å². The normalized spacial score (nSPS) is 11.1. The fraction of sp³-hybridized carbons (Fsp3) is 0.125. The van der Waals surface area contributed by atoms with Crippen molar-refractivity contribution in [2.75, 3.05) is 0 Å². The summed E-state index contributed by atoms with van der Waals surface area (Å²) in [4.78, 5) is 16.7. The topological polar surface area (TPSA) is 81.9 Å². The fourth-order valence-corrected chi connectivity index (χ4v) is 2.94. The Hall–Kier alpha value is -4.22. The molecule has 0 saturated carbocycles. The van der Waals surface area contributed by atoms with Crippen molar-refractivity contribution in [2.45, 2.75) is 18.9 Å². The summed E-state index contributed by atoms with van der Waals surface area (Å²) >= 11 is 0. The van der Waals surface area contributed by atoms with Crippen molar-refractivity contribution in [3.8, 4) is 22.5 Å². The Morgan fingerprint density at radius 3 is 1.56 bits per heavy atom. The van der Waals surface area contributed by atoms with Gasteiger partial charge in [-0.15, -0.1) is 12.4 Å². The molecule has 4 rings (SSSR count). The fourth-order valence-electron chi connectivity index (χ4n) is 2.94. The Morgan fingerprint density at radius 2 is 1.18 bits per heavy atom. The maximum Gasteiger partial charge on any atom is 0.433 e. The Kier molecular flexibility index (Phi) is 9.98. The smallest absolute Gasteiger partial charge is 0.326 e. The molecule has 0 aliphatic heterocycles. The number of rotatable bonds is 3. The van der Waals surface area contributed by atoms with Gasteiger partial charge in [0.25, 0.3) is 0 Å². The molecule has 4 aromatic heterocycles. The summed E-state index contributed by atoms with van der Waals surface area (Å²) in [6.45, 7) is 6.89. The third-order valence-electron chi connectivity index (χ3n) is 4.70. The highest BCUT2D eigenvalue weighted by Crippen LogP contribution is 2.30. The molecule has 2 N–H and O–H groups in total. The number of pyridine rings is 4. The van der Waals surface area contributed by atoms with Crippen molar-refractivity contribution in [1.82, 2.24) is 19.9 Å². The predicted octanol–water partition coefficient (Wildman–Crippen LogP) is 7.03. The SMILES string of the molecule is Cl.NCc1cc(F)nc(-c2ccc(C(F)(F)F)nc2)c1.[C-]#[N+]c1cc(F)nc(-c2ccc(C(F)(F)F)nc2)c1. The lowest BCUT2D eigenvalue weighted by Crippen LogP contribution is -2.07. The van der Waals surface area contributed by atoms with E-state index in [2.05, 4.69) is 24.8 Å². The van der Waals surface area contributed by atoms with E-state index in [9.17, 15) is 35.1 Å². The minimum absolute atomic E-state index is 0. The number of nitrogens with zero attached hydrogens (tertiary/aromatic N) is 5. The number of halogens is 9. The van der Waals surface area contributed by atoms with Crippen LogP contribution in [0.4, 0.5) is 40.8 Å². The van der Waals surface area contributed by atoms with Gasteiger partial charge in [0.05, 0.1) is 18.0 Å². The molecule has 0 bridgehead atoms. The first-order valence-electron chi connectivity index (χ1n) is 10.3. The van der Waals surface area contributed by atoms with E-state index in [0.717, 1.165) is 36.7 Å². The minimum Gasteiger partial charge on any atom is -0.326 e. The van der Waals surface area contributed by atoms with E-state index in [4.69, 9.17) is 12.3 Å². The van der Waals surface area contributed by atoms with Crippen molar-refractivity contribution >= 4 is 18.1 Å². The van der Waals surface area contributed by atoms with E-state index in [0.29, 0.717) is 11.1 Å². The van der Waals surface area contributed by atoms with Gasteiger partial charge in [-0.1, -0.05) is 0 Å². The van der Waals surface area contributed by atoms with E-state index in [1.807, 2.05) is 0 Å². The van der Waals surface area contributed by atoms with Crippen LogP contribution in [0.5, 0.6) is 0 Å². The molecule has 0 unspecified atom stereocenters. The maximum atomic E-state index is 13.2. The highest BCUT2D eigenvalue weighted by atomic mass is 35.5. The zero-order chi connectivity index (χ0) is 28.1. The lowest BCUT2D eigenvalue weighted by atomic mass is 10.1. The van der Waals surface area contributed by atoms with Crippen LogP contribution in [0.3, 0.4) is 0 Å². The van der Waals surface area contributed by atoms with Crippen molar-refractivity contribution in [2.24, 2.45) is 5.73 Å². The lowest BCUT2D eigenvalue weighted by Gasteiger charge is -2.07. The van der Waals surface area contributed by atoms with Crippen LogP contribution >= 0.6 is 12.4 Å². The molecule has 0 aliphatic carbocycles. The number of nitrogens with two attached hydrogens (primary N) is 1. The maximum absolute atomic E-state index is 13.2. The standard InChI is InChI=1S/C12H5F4N3.C12H9F4N3.ClH/c1-17-8-4-9(19-11(13)5-8)7-2-3-10(18-6-7)12(14,15)16;13-11-4-7(5-17)3-9(19-11)8-1-2-10(18-6-8)12(14,15)16;/h2-6H;1-4,6H,5,17H2;1H. The molecule has 4 heterocycles. The zero-order valence-corrected chi connectivity index (χ0v) is 20.0. The first kappa shape index (κ1) is 31.0. The van der Waals surface area contributed by atoms with Crippen molar-refractivity contribution in [3.63, 3.8) is 0 Å². The first-order chi connectivity index (χ1) is 17.8. The van der Waals surface area contributed by atoms with Gasteiger partial charge >= 0.3 is 12.4 Å². The second-order valence-electron chi connectivity index (χ2n) is 7.39. The van der Waals surface area contributed by atoms with Gasteiger partial charge in [0, 0.05) is 30.1 Å². The van der Waals surface area contributed by atoms with E-state index >= 15 is 0 Å². The molecular formula is C24H15ClF8N6. The molecule has 15 heteroatoms. The quantitative estimate of drug-likeness (QED) is 0.161. The molecule has 204 valence electrons. The number of alkyl halides is 6.